The molecule has 0 amide bonds. The maximum atomic E-state index is 14.1. The van der Waals surface area contributed by atoms with Gasteiger partial charge in [-0.05, 0) is 27.7 Å². The Morgan fingerprint density at radius 2 is 1.00 bits per heavy atom. The van der Waals surface area contributed by atoms with E-state index in [0.29, 0.717) is 0 Å². The van der Waals surface area contributed by atoms with Gasteiger partial charge in [0.05, 0.1) is 32.1 Å². The average Bonchev–Trinajstić information content (AvgIpc) is 2.29. The topological polar surface area (TPSA) is 71.1 Å². The van der Waals surface area contributed by atoms with Crippen LogP contribution in [0.3, 0.4) is 0 Å². The van der Waals surface area contributed by atoms with Crippen molar-refractivity contribution in [2.75, 3.05) is 26.4 Å². The smallest absolute Gasteiger partial charge is 0.430 e. The first kappa shape index (κ1) is 22.1. The van der Waals surface area contributed by atoms with Crippen LogP contribution in [0, 0.1) is 5.65 Å². The van der Waals surface area contributed by atoms with Gasteiger partial charge in [0, 0.05) is 0 Å². The molecule has 0 aromatic carbocycles. The molecule has 0 unspecified atom stereocenters. The molecule has 110 valence electrons. The molecule has 6 nitrogen and oxygen atoms in total. The summed E-state index contributed by atoms with van der Waals surface area (Å²) in [5, 5.41) is 0. The van der Waals surface area contributed by atoms with E-state index in [-0.39, 0.29) is 45.3 Å². The molecule has 0 radical (unpaired) electrons. The third-order valence-electron chi connectivity index (χ3n) is 1.65. The van der Waals surface area contributed by atoms with Crippen molar-refractivity contribution in [1.82, 2.24) is 0 Å². The van der Waals surface area contributed by atoms with E-state index in [1.165, 1.54) is 27.7 Å². The Morgan fingerprint density at radius 1 is 0.789 bits per heavy atom. The van der Waals surface area contributed by atoms with Crippen LogP contribution in [0.5, 0.6) is 0 Å². The Labute approximate surface area is 126 Å². The summed E-state index contributed by atoms with van der Waals surface area (Å²) < 4.78 is 57.4. The molecule has 0 aliphatic heterocycles. The molecule has 0 fully saturated rings. The van der Waals surface area contributed by atoms with Crippen LogP contribution >= 0.6 is 15.2 Å². The minimum Gasteiger partial charge on any atom is -0.430 e. The minimum absolute atomic E-state index is 0. The van der Waals surface area contributed by atoms with Crippen molar-refractivity contribution in [1.29, 1.82) is 0 Å². The Bertz CT molecular complexity index is 280. The van der Waals surface area contributed by atoms with Gasteiger partial charge in [-0.25, -0.2) is 0 Å². The van der Waals surface area contributed by atoms with Gasteiger partial charge in [-0.2, -0.15) is 0 Å². The van der Waals surface area contributed by atoms with Crippen molar-refractivity contribution >= 4 is 15.2 Å². The molecule has 0 saturated carbocycles. The monoisotopic (exact) mass is 312 g/mol. The van der Waals surface area contributed by atoms with Gasteiger partial charge in [0.1, 0.15) is 0 Å². The van der Waals surface area contributed by atoms with Gasteiger partial charge in [0.2, 0.25) is 15.2 Å². The predicted octanol–water partition coefficient (Wildman–Crippen LogP) is 0.939. The quantitative estimate of drug-likeness (QED) is 0.340. The van der Waals surface area contributed by atoms with Gasteiger partial charge < -0.3 is 22.5 Å². The maximum Gasteiger partial charge on any atom is 1.00 e. The van der Waals surface area contributed by atoms with Gasteiger partial charge in [-0.3, -0.25) is 9.13 Å². The summed E-state index contributed by atoms with van der Waals surface area (Å²) in [5.41, 5.74) is -1.50. The molecule has 0 N–H and O–H groups in total. The van der Waals surface area contributed by atoms with Crippen molar-refractivity contribution in [2.45, 2.75) is 27.7 Å². The van der Waals surface area contributed by atoms with Crippen molar-refractivity contribution in [3.8, 4) is 0 Å². The Kier molecular flexibility index (Phi) is 12.3. The van der Waals surface area contributed by atoms with Crippen molar-refractivity contribution in [3.05, 3.63) is 5.65 Å². The molecule has 0 heterocycles. The van der Waals surface area contributed by atoms with Crippen LogP contribution in [0.1, 0.15) is 27.7 Å². The first-order valence-corrected chi connectivity index (χ1v) is 8.80. The van der Waals surface area contributed by atoms with E-state index in [9.17, 15) is 13.5 Å². The molecule has 0 atom stereocenters. The van der Waals surface area contributed by atoms with Crippen LogP contribution in [0.25, 0.3) is 0 Å². The standard InChI is InChI=1S/C9H20FO6P2.Li/c1-5-13-17(11,14-6-2)9(10)18(12,15-7-3)16-8-4;/h5-8H2,1-4H3;/q-1;+1. The number of halogens is 1. The molecular weight excluding hydrogens is 292 g/mol. The normalized spacial score (nSPS) is 12.5. The predicted molar refractivity (Wildman–Crippen MR) is 66.1 cm³/mol. The zero-order valence-corrected chi connectivity index (χ0v) is 13.8. The zero-order valence-electron chi connectivity index (χ0n) is 12.1. The SMILES string of the molecule is CCOP(=O)(OCC)[C-](F)P(=O)(OCC)OCC.[Li+]. The molecule has 19 heavy (non-hydrogen) atoms. The molecule has 0 rings (SSSR count). The summed E-state index contributed by atoms with van der Waals surface area (Å²) in [5.74, 6) is 0. The molecule has 0 bridgehead atoms. The van der Waals surface area contributed by atoms with Gasteiger partial charge in [0.15, 0.2) is 0 Å². The summed E-state index contributed by atoms with van der Waals surface area (Å²) in [6, 6.07) is 0. The second-order valence-corrected chi connectivity index (χ2v) is 7.10. The Hall–Kier alpha value is 0.827. The molecule has 0 saturated heterocycles. The fraction of sp³-hybridized carbons (Fsp3) is 0.889. The first-order valence-electron chi connectivity index (χ1n) is 5.71. The van der Waals surface area contributed by atoms with E-state index in [1.807, 2.05) is 0 Å². The van der Waals surface area contributed by atoms with Gasteiger partial charge in [0.25, 0.3) is 0 Å². The van der Waals surface area contributed by atoms with Gasteiger partial charge in [-0.15, -0.1) is 0 Å². The van der Waals surface area contributed by atoms with E-state index in [2.05, 4.69) is 0 Å². The first-order chi connectivity index (χ1) is 8.40. The molecule has 0 spiro atoms. The van der Waals surface area contributed by atoms with Crippen LogP contribution in [0.2, 0.25) is 0 Å². The second kappa shape index (κ2) is 10.5. The summed E-state index contributed by atoms with van der Waals surface area (Å²) >= 11 is 0. The number of hydrogen-bond acceptors (Lipinski definition) is 6. The van der Waals surface area contributed by atoms with Gasteiger partial charge >= 0.3 is 18.9 Å². The van der Waals surface area contributed by atoms with E-state index in [1.54, 1.807) is 0 Å². The Morgan fingerprint density at radius 3 is 1.16 bits per heavy atom. The minimum atomic E-state index is -4.25. The Balaban J connectivity index is 0. The molecule has 0 aliphatic rings. The van der Waals surface area contributed by atoms with Crippen LogP contribution in [-0.2, 0) is 27.2 Å². The van der Waals surface area contributed by atoms with Crippen molar-refractivity contribution in [3.63, 3.8) is 0 Å². The summed E-state index contributed by atoms with van der Waals surface area (Å²) in [6.07, 6.45) is 0. The maximum absolute atomic E-state index is 14.1. The molecular formula is C9H20FLiO6P2. The van der Waals surface area contributed by atoms with E-state index in [4.69, 9.17) is 18.1 Å². The van der Waals surface area contributed by atoms with E-state index < -0.39 is 20.8 Å². The van der Waals surface area contributed by atoms with Crippen LogP contribution in [0.15, 0.2) is 0 Å². The number of hydrogen-bond donors (Lipinski definition) is 0. The van der Waals surface area contributed by atoms with E-state index >= 15 is 0 Å². The van der Waals surface area contributed by atoms with Crippen LogP contribution in [0.4, 0.5) is 4.39 Å². The third kappa shape index (κ3) is 6.42. The molecule has 0 aliphatic carbocycles. The summed E-state index contributed by atoms with van der Waals surface area (Å²) in [7, 11) is -8.51. The van der Waals surface area contributed by atoms with E-state index in [0.717, 1.165) is 0 Å². The largest absolute Gasteiger partial charge is 1.00 e. The van der Waals surface area contributed by atoms with Crippen LogP contribution < -0.4 is 18.9 Å². The molecule has 0 aromatic rings. The average molecular weight is 312 g/mol. The summed E-state index contributed by atoms with van der Waals surface area (Å²) in [6.45, 7) is 5.87. The fourth-order valence-corrected chi connectivity index (χ4v) is 4.95. The van der Waals surface area contributed by atoms with Crippen molar-refractivity contribution in [2.24, 2.45) is 0 Å². The number of rotatable bonds is 10. The molecule has 0 aromatic heterocycles. The van der Waals surface area contributed by atoms with Gasteiger partial charge in [-0.1, -0.05) is 0 Å². The fourth-order valence-electron chi connectivity index (χ4n) is 1.12. The summed E-state index contributed by atoms with van der Waals surface area (Å²) in [4.78, 5) is 0. The second-order valence-electron chi connectivity index (χ2n) is 2.94. The zero-order chi connectivity index (χ0) is 14.2. The third-order valence-corrected chi connectivity index (χ3v) is 6.41. The molecule has 10 heteroatoms. The van der Waals surface area contributed by atoms with Crippen LogP contribution in [-0.4, -0.2) is 26.4 Å². The van der Waals surface area contributed by atoms with Crippen molar-refractivity contribution < 1.29 is 50.5 Å².